The van der Waals surface area contributed by atoms with Crippen LogP contribution in [0, 0.1) is 0 Å². The molecular formula is C20H15ClN6OS. The van der Waals surface area contributed by atoms with E-state index in [2.05, 4.69) is 25.6 Å². The third-order valence-electron chi connectivity index (χ3n) is 3.99. The molecule has 0 unspecified atom stereocenters. The predicted molar refractivity (Wildman–Crippen MR) is 113 cm³/mol. The Kier molecular flexibility index (Phi) is 5.73. The van der Waals surface area contributed by atoms with E-state index in [9.17, 15) is 4.79 Å². The van der Waals surface area contributed by atoms with Crippen LogP contribution in [0.1, 0.15) is 25.9 Å². The zero-order chi connectivity index (χ0) is 20.1. The SMILES string of the molecule is O=C(NCc1ccccc1)c1nnc(/C(Cl)=C/c2ccc(-n3cncn3)cc2)s1. The minimum Gasteiger partial charge on any atom is -0.346 e. The van der Waals surface area contributed by atoms with Gasteiger partial charge in [0, 0.05) is 6.54 Å². The van der Waals surface area contributed by atoms with Crippen molar-refractivity contribution in [3.05, 3.63) is 88.4 Å². The number of nitrogens with zero attached hydrogens (tertiary/aromatic N) is 5. The molecule has 2 heterocycles. The van der Waals surface area contributed by atoms with Crippen molar-refractivity contribution < 1.29 is 4.79 Å². The molecule has 0 saturated carbocycles. The molecule has 0 atom stereocenters. The predicted octanol–water partition coefficient (Wildman–Crippen LogP) is 3.79. The maximum Gasteiger partial charge on any atom is 0.282 e. The van der Waals surface area contributed by atoms with Crippen LogP contribution in [0.2, 0.25) is 0 Å². The Bertz CT molecular complexity index is 1120. The Hall–Kier alpha value is -3.36. The third kappa shape index (κ3) is 4.74. The summed E-state index contributed by atoms with van der Waals surface area (Å²) in [6.07, 6.45) is 4.88. The molecule has 7 nitrogen and oxygen atoms in total. The molecule has 29 heavy (non-hydrogen) atoms. The quantitative estimate of drug-likeness (QED) is 0.511. The monoisotopic (exact) mass is 422 g/mol. The van der Waals surface area contributed by atoms with E-state index in [1.54, 1.807) is 17.1 Å². The lowest BCUT2D eigenvalue weighted by molar-refractivity contribution is 0.0950. The molecule has 1 N–H and O–H groups in total. The zero-order valence-corrected chi connectivity index (χ0v) is 16.6. The maximum atomic E-state index is 12.3. The minimum absolute atomic E-state index is 0.268. The molecule has 9 heteroatoms. The topological polar surface area (TPSA) is 85.6 Å². The van der Waals surface area contributed by atoms with Crippen LogP contribution in [0.25, 0.3) is 16.8 Å². The molecule has 4 aromatic rings. The van der Waals surface area contributed by atoms with Gasteiger partial charge >= 0.3 is 0 Å². The van der Waals surface area contributed by atoms with Crippen LogP contribution in [0.3, 0.4) is 0 Å². The number of hydrogen-bond donors (Lipinski definition) is 1. The maximum absolute atomic E-state index is 12.3. The molecule has 0 bridgehead atoms. The van der Waals surface area contributed by atoms with Crippen LogP contribution in [-0.4, -0.2) is 30.9 Å². The molecule has 4 rings (SSSR count). The van der Waals surface area contributed by atoms with E-state index in [0.29, 0.717) is 16.6 Å². The molecule has 0 radical (unpaired) electrons. The molecule has 0 aliphatic carbocycles. The summed E-state index contributed by atoms with van der Waals surface area (Å²) < 4.78 is 1.67. The Morgan fingerprint density at radius 3 is 2.55 bits per heavy atom. The summed E-state index contributed by atoms with van der Waals surface area (Å²) in [5.41, 5.74) is 2.80. The molecule has 0 aliphatic heterocycles. The summed E-state index contributed by atoms with van der Waals surface area (Å²) in [5, 5.41) is 16.1. The normalized spacial score (nSPS) is 11.4. The van der Waals surface area contributed by atoms with E-state index < -0.39 is 0 Å². The summed E-state index contributed by atoms with van der Waals surface area (Å²) >= 11 is 7.53. The molecule has 0 saturated heterocycles. The van der Waals surface area contributed by atoms with E-state index in [4.69, 9.17) is 11.6 Å². The van der Waals surface area contributed by atoms with Crippen LogP contribution < -0.4 is 5.32 Å². The molecule has 1 amide bonds. The van der Waals surface area contributed by atoms with Gasteiger partial charge in [-0.15, -0.1) is 10.2 Å². The first-order valence-corrected chi connectivity index (χ1v) is 9.87. The molecule has 0 aliphatic rings. The number of amides is 1. The van der Waals surface area contributed by atoms with Crippen molar-refractivity contribution in [3.8, 4) is 5.69 Å². The Morgan fingerprint density at radius 1 is 1.07 bits per heavy atom. The van der Waals surface area contributed by atoms with Gasteiger partial charge in [-0.3, -0.25) is 4.79 Å². The fraction of sp³-hybridized carbons (Fsp3) is 0.0500. The molecule has 2 aromatic heterocycles. The number of rotatable bonds is 6. The average molecular weight is 423 g/mol. The first-order chi connectivity index (χ1) is 14.2. The number of carbonyl (C=O) groups is 1. The first-order valence-electron chi connectivity index (χ1n) is 8.67. The summed E-state index contributed by atoms with van der Waals surface area (Å²) in [5.74, 6) is -0.278. The van der Waals surface area contributed by atoms with Crippen LogP contribution in [-0.2, 0) is 6.54 Å². The number of halogens is 1. The van der Waals surface area contributed by atoms with Crippen molar-refractivity contribution in [1.82, 2.24) is 30.3 Å². The molecule has 2 aromatic carbocycles. The number of hydrogen-bond acceptors (Lipinski definition) is 6. The van der Waals surface area contributed by atoms with Crippen LogP contribution in [0.4, 0.5) is 0 Å². The van der Waals surface area contributed by atoms with Gasteiger partial charge in [-0.1, -0.05) is 65.4 Å². The number of nitrogens with one attached hydrogen (secondary N) is 1. The van der Waals surface area contributed by atoms with E-state index in [0.717, 1.165) is 28.2 Å². The molecule has 0 spiro atoms. The molecule has 144 valence electrons. The van der Waals surface area contributed by atoms with Gasteiger partial charge in [0.05, 0.1) is 10.7 Å². The highest BCUT2D eigenvalue weighted by Gasteiger charge is 2.14. The smallest absolute Gasteiger partial charge is 0.282 e. The van der Waals surface area contributed by atoms with Gasteiger partial charge in [-0.05, 0) is 29.3 Å². The zero-order valence-electron chi connectivity index (χ0n) is 15.1. The van der Waals surface area contributed by atoms with Gasteiger partial charge in [0.15, 0.2) is 5.01 Å². The van der Waals surface area contributed by atoms with E-state index in [1.807, 2.05) is 54.6 Å². The highest BCUT2D eigenvalue weighted by molar-refractivity contribution is 7.15. The minimum atomic E-state index is -0.278. The van der Waals surface area contributed by atoms with Gasteiger partial charge in [-0.2, -0.15) is 5.10 Å². The second-order valence-electron chi connectivity index (χ2n) is 6.00. The molecule has 0 fully saturated rings. The summed E-state index contributed by atoms with van der Waals surface area (Å²) in [7, 11) is 0. The van der Waals surface area contributed by atoms with Crippen molar-refractivity contribution in [2.24, 2.45) is 0 Å². The van der Waals surface area contributed by atoms with E-state index in [1.165, 1.54) is 6.33 Å². The summed E-state index contributed by atoms with van der Waals surface area (Å²) in [4.78, 5) is 16.2. The lowest BCUT2D eigenvalue weighted by atomic mass is 10.2. The van der Waals surface area contributed by atoms with Crippen molar-refractivity contribution in [1.29, 1.82) is 0 Å². The lowest BCUT2D eigenvalue weighted by Gasteiger charge is -2.02. The van der Waals surface area contributed by atoms with Crippen molar-refractivity contribution in [2.75, 3.05) is 0 Å². The van der Waals surface area contributed by atoms with Crippen molar-refractivity contribution in [3.63, 3.8) is 0 Å². The van der Waals surface area contributed by atoms with E-state index >= 15 is 0 Å². The Balaban J connectivity index is 1.42. The number of aromatic nitrogens is 5. The van der Waals surface area contributed by atoms with Gasteiger partial charge in [-0.25, -0.2) is 9.67 Å². The fourth-order valence-electron chi connectivity index (χ4n) is 2.54. The molecular weight excluding hydrogens is 408 g/mol. The van der Waals surface area contributed by atoms with Crippen molar-refractivity contribution in [2.45, 2.75) is 6.54 Å². The number of carbonyl (C=O) groups excluding carboxylic acids is 1. The van der Waals surface area contributed by atoms with Crippen LogP contribution >= 0.6 is 22.9 Å². The largest absolute Gasteiger partial charge is 0.346 e. The van der Waals surface area contributed by atoms with Gasteiger partial charge in [0.25, 0.3) is 5.91 Å². The highest BCUT2D eigenvalue weighted by atomic mass is 35.5. The van der Waals surface area contributed by atoms with E-state index in [-0.39, 0.29) is 10.9 Å². The van der Waals surface area contributed by atoms with Crippen LogP contribution in [0.15, 0.2) is 67.3 Å². The third-order valence-corrected chi connectivity index (χ3v) is 5.34. The lowest BCUT2D eigenvalue weighted by Crippen LogP contribution is -2.22. The summed E-state index contributed by atoms with van der Waals surface area (Å²) in [6.45, 7) is 0.427. The summed E-state index contributed by atoms with van der Waals surface area (Å²) in [6, 6.07) is 17.3. The second kappa shape index (κ2) is 8.76. The highest BCUT2D eigenvalue weighted by Crippen LogP contribution is 2.25. The van der Waals surface area contributed by atoms with Gasteiger partial charge < -0.3 is 5.32 Å². The fourth-order valence-corrected chi connectivity index (χ4v) is 3.49. The second-order valence-corrected chi connectivity index (χ2v) is 7.39. The van der Waals surface area contributed by atoms with Crippen LogP contribution in [0.5, 0.6) is 0 Å². The number of benzene rings is 2. The Morgan fingerprint density at radius 2 is 1.83 bits per heavy atom. The average Bonchev–Trinajstić information content (AvgIpc) is 3.46. The van der Waals surface area contributed by atoms with Gasteiger partial charge in [0.1, 0.15) is 12.7 Å². The standard InChI is InChI=1S/C20H15ClN6OS/c21-17(10-14-6-8-16(9-7-14)27-13-22-12-24-27)19-25-26-20(29-19)18(28)23-11-15-4-2-1-3-5-15/h1-10,12-13H,11H2,(H,23,28)/b17-10-. The van der Waals surface area contributed by atoms with Crippen molar-refractivity contribution >= 4 is 40.0 Å². The van der Waals surface area contributed by atoms with Gasteiger partial charge in [0.2, 0.25) is 5.01 Å². The Labute approximate surface area is 175 Å². The first kappa shape index (κ1) is 19.0.